The summed E-state index contributed by atoms with van der Waals surface area (Å²) >= 11 is 0. The van der Waals surface area contributed by atoms with Crippen LogP contribution in [0.2, 0.25) is 0 Å². The van der Waals surface area contributed by atoms with Crippen LogP contribution in [0.5, 0.6) is 0 Å². The Balaban J connectivity index is 1.95. The normalized spacial score (nSPS) is 15.0. The Labute approximate surface area is 118 Å². The first-order valence-corrected chi connectivity index (χ1v) is 6.82. The summed E-state index contributed by atoms with van der Waals surface area (Å²) in [5.41, 5.74) is 0. The zero-order valence-corrected chi connectivity index (χ0v) is 12.0. The number of hydrogen-bond donors (Lipinski definition) is 2. The van der Waals surface area contributed by atoms with Crippen LogP contribution in [0, 0.1) is 6.92 Å². The fraction of sp³-hybridized carbons (Fsp3) is 0.615. The van der Waals surface area contributed by atoms with Crippen LogP contribution >= 0.6 is 0 Å². The fourth-order valence-corrected chi connectivity index (χ4v) is 2.03. The van der Waals surface area contributed by atoms with E-state index >= 15 is 0 Å². The Morgan fingerprint density at radius 3 is 2.80 bits per heavy atom. The highest BCUT2D eigenvalue weighted by molar-refractivity contribution is 5.72. The van der Waals surface area contributed by atoms with Crippen molar-refractivity contribution in [2.24, 2.45) is 0 Å². The molecule has 7 nitrogen and oxygen atoms in total. The van der Waals surface area contributed by atoms with Crippen LogP contribution in [0.1, 0.15) is 12.7 Å². The number of nitrogens with zero attached hydrogens (tertiary/aromatic N) is 3. The molecule has 1 aromatic rings. The maximum atomic E-state index is 10.8. The van der Waals surface area contributed by atoms with Crippen molar-refractivity contribution in [1.29, 1.82) is 0 Å². The Morgan fingerprint density at radius 2 is 2.10 bits per heavy atom. The van der Waals surface area contributed by atoms with Crippen molar-refractivity contribution in [3.05, 3.63) is 11.9 Å². The van der Waals surface area contributed by atoms with Gasteiger partial charge in [0.25, 0.3) is 0 Å². The minimum Gasteiger partial charge on any atom is -0.378 e. The van der Waals surface area contributed by atoms with Crippen molar-refractivity contribution in [1.82, 2.24) is 15.3 Å². The van der Waals surface area contributed by atoms with E-state index in [4.69, 9.17) is 4.74 Å². The number of nitrogens with one attached hydrogen (secondary N) is 2. The molecule has 1 fully saturated rings. The quantitative estimate of drug-likeness (QED) is 0.748. The second kappa shape index (κ2) is 7.04. The molecular weight excluding hydrogens is 258 g/mol. The van der Waals surface area contributed by atoms with Gasteiger partial charge in [-0.15, -0.1) is 0 Å². The Morgan fingerprint density at radius 1 is 1.35 bits per heavy atom. The number of ether oxygens (including phenoxy) is 1. The number of anilines is 2. The highest BCUT2D eigenvalue weighted by Crippen LogP contribution is 2.16. The molecule has 0 aliphatic carbocycles. The Hall–Kier alpha value is -1.89. The predicted octanol–water partition coefficient (Wildman–Crippen LogP) is 0.170. The maximum Gasteiger partial charge on any atom is 0.216 e. The third-order valence-electron chi connectivity index (χ3n) is 2.96. The van der Waals surface area contributed by atoms with Crippen LogP contribution in [0.3, 0.4) is 0 Å². The van der Waals surface area contributed by atoms with E-state index in [1.807, 2.05) is 13.0 Å². The Kier molecular flexibility index (Phi) is 5.11. The zero-order valence-electron chi connectivity index (χ0n) is 12.0. The Bertz CT molecular complexity index is 460. The van der Waals surface area contributed by atoms with Crippen LogP contribution in [0.4, 0.5) is 11.6 Å². The molecule has 1 amide bonds. The largest absolute Gasteiger partial charge is 0.378 e. The average molecular weight is 279 g/mol. The lowest BCUT2D eigenvalue weighted by molar-refractivity contribution is -0.118. The molecular formula is C13H21N5O2. The summed E-state index contributed by atoms with van der Waals surface area (Å²) in [6.45, 7) is 7.75. The van der Waals surface area contributed by atoms with Gasteiger partial charge in [0.2, 0.25) is 5.91 Å². The summed E-state index contributed by atoms with van der Waals surface area (Å²) in [6, 6.07) is 1.94. The predicted molar refractivity (Wildman–Crippen MR) is 77.0 cm³/mol. The van der Waals surface area contributed by atoms with Crippen LogP contribution in [0.25, 0.3) is 0 Å². The summed E-state index contributed by atoms with van der Waals surface area (Å²) in [5, 5.41) is 5.93. The highest BCUT2D eigenvalue weighted by Gasteiger charge is 2.13. The molecule has 0 unspecified atom stereocenters. The zero-order chi connectivity index (χ0) is 14.4. The van der Waals surface area contributed by atoms with Gasteiger partial charge in [0.15, 0.2) is 0 Å². The molecule has 0 bridgehead atoms. The van der Waals surface area contributed by atoms with Crippen molar-refractivity contribution < 1.29 is 9.53 Å². The van der Waals surface area contributed by atoms with Gasteiger partial charge in [0.1, 0.15) is 17.5 Å². The van der Waals surface area contributed by atoms with Crippen LogP contribution in [-0.4, -0.2) is 55.3 Å². The third kappa shape index (κ3) is 4.34. The van der Waals surface area contributed by atoms with Gasteiger partial charge in [-0.3, -0.25) is 4.79 Å². The van der Waals surface area contributed by atoms with Gasteiger partial charge < -0.3 is 20.3 Å². The van der Waals surface area contributed by atoms with Gasteiger partial charge >= 0.3 is 0 Å². The molecule has 1 aromatic heterocycles. The number of aromatic nitrogens is 2. The highest BCUT2D eigenvalue weighted by atomic mass is 16.5. The van der Waals surface area contributed by atoms with E-state index in [2.05, 4.69) is 25.5 Å². The standard InChI is InChI=1S/C13H21N5O2/c1-10-16-12(15-4-3-14-11(2)19)9-13(17-10)18-5-7-20-8-6-18/h9H,3-8H2,1-2H3,(H,14,19)(H,15,16,17). The van der Waals surface area contributed by atoms with Gasteiger partial charge in [-0.1, -0.05) is 0 Å². The van der Waals surface area contributed by atoms with Gasteiger partial charge in [-0.05, 0) is 6.92 Å². The third-order valence-corrected chi connectivity index (χ3v) is 2.96. The number of aryl methyl sites for hydroxylation is 1. The SMILES string of the molecule is CC(=O)NCCNc1cc(N2CCOCC2)nc(C)n1. The number of amides is 1. The van der Waals surface area contributed by atoms with Crippen molar-refractivity contribution in [3.63, 3.8) is 0 Å². The molecule has 7 heteroatoms. The molecule has 0 saturated carbocycles. The van der Waals surface area contributed by atoms with Crippen molar-refractivity contribution in [3.8, 4) is 0 Å². The first-order chi connectivity index (χ1) is 9.65. The fourth-order valence-electron chi connectivity index (χ4n) is 2.03. The van der Waals surface area contributed by atoms with E-state index in [9.17, 15) is 4.79 Å². The molecule has 2 rings (SSSR count). The van der Waals surface area contributed by atoms with Gasteiger partial charge in [0, 0.05) is 39.2 Å². The van der Waals surface area contributed by atoms with Gasteiger partial charge in [-0.2, -0.15) is 0 Å². The lowest BCUT2D eigenvalue weighted by Crippen LogP contribution is -2.37. The minimum absolute atomic E-state index is 0.0281. The summed E-state index contributed by atoms with van der Waals surface area (Å²) in [7, 11) is 0. The number of hydrogen-bond acceptors (Lipinski definition) is 6. The summed E-state index contributed by atoms with van der Waals surface area (Å²) < 4.78 is 5.34. The van der Waals surface area contributed by atoms with Crippen molar-refractivity contribution in [2.45, 2.75) is 13.8 Å². The lowest BCUT2D eigenvalue weighted by Gasteiger charge is -2.28. The molecule has 0 radical (unpaired) electrons. The molecule has 2 heterocycles. The van der Waals surface area contributed by atoms with E-state index in [0.29, 0.717) is 13.1 Å². The maximum absolute atomic E-state index is 10.8. The van der Waals surface area contributed by atoms with Crippen LogP contribution < -0.4 is 15.5 Å². The van der Waals surface area contributed by atoms with E-state index < -0.39 is 0 Å². The first-order valence-electron chi connectivity index (χ1n) is 6.82. The second-order valence-corrected chi connectivity index (χ2v) is 4.67. The van der Waals surface area contributed by atoms with Gasteiger partial charge in [0.05, 0.1) is 13.2 Å². The number of morpholine rings is 1. The van der Waals surface area contributed by atoms with E-state index in [0.717, 1.165) is 43.8 Å². The molecule has 20 heavy (non-hydrogen) atoms. The molecule has 0 aromatic carbocycles. The number of rotatable bonds is 5. The van der Waals surface area contributed by atoms with Crippen LogP contribution in [0.15, 0.2) is 6.07 Å². The molecule has 2 N–H and O–H groups in total. The minimum atomic E-state index is -0.0281. The molecule has 0 spiro atoms. The first kappa shape index (κ1) is 14.5. The molecule has 0 atom stereocenters. The van der Waals surface area contributed by atoms with Crippen molar-refractivity contribution >= 4 is 17.5 Å². The number of carbonyl (C=O) groups is 1. The van der Waals surface area contributed by atoms with E-state index in [1.54, 1.807) is 0 Å². The van der Waals surface area contributed by atoms with Crippen LogP contribution in [-0.2, 0) is 9.53 Å². The smallest absolute Gasteiger partial charge is 0.216 e. The number of carbonyl (C=O) groups excluding carboxylic acids is 1. The second-order valence-electron chi connectivity index (χ2n) is 4.67. The lowest BCUT2D eigenvalue weighted by atomic mass is 10.4. The molecule has 1 aliphatic heterocycles. The summed E-state index contributed by atoms with van der Waals surface area (Å²) in [6.07, 6.45) is 0. The molecule has 110 valence electrons. The monoisotopic (exact) mass is 279 g/mol. The van der Waals surface area contributed by atoms with E-state index in [1.165, 1.54) is 6.92 Å². The summed E-state index contributed by atoms with van der Waals surface area (Å²) in [4.78, 5) is 21.8. The summed E-state index contributed by atoms with van der Waals surface area (Å²) in [5.74, 6) is 2.41. The van der Waals surface area contributed by atoms with Crippen molar-refractivity contribution in [2.75, 3.05) is 49.6 Å². The van der Waals surface area contributed by atoms with Gasteiger partial charge in [-0.25, -0.2) is 9.97 Å². The molecule has 1 aliphatic rings. The average Bonchev–Trinajstić information content (AvgIpc) is 2.44. The topological polar surface area (TPSA) is 79.4 Å². The van der Waals surface area contributed by atoms with E-state index in [-0.39, 0.29) is 5.91 Å². The molecule has 1 saturated heterocycles.